The van der Waals surface area contributed by atoms with Gasteiger partial charge in [0.05, 0.1) is 18.6 Å². The summed E-state index contributed by atoms with van der Waals surface area (Å²) in [5.74, 6) is 0.382. The van der Waals surface area contributed by atoms with Gasteiger partial charge in [-0.1, -0.05) is 26.0 Å². The van der Waals surface area contributed by atoms with Crippen LogP contribution in [0.15, 0.2) is 24.3 Å². The molecule has 0 atom stereocenters. The van der Waals surface area contributed by atoms with Gasteiger partial charge in [-0.3, -0.25) is 9.59 Å². The van der Waals surface area contributed by atoms with Crippen molar-refractivity contribution < 1.29 is 14.3 Å². The molecule has 0 aromatic heterocycles. The lowest BCUT2D eigenvalue weighted by Crippen LogP contribution is -2.57. The van der Waals surface area contributed by atoms with E-state index in [1.54, 1.807) is 4.90 Å². The fraction of sp³-hybridized carbons (Fsp3) is 0.579. The highest BCUT2D eigenvalue weighted by atomic mass is 16.5. The number of rotatable bonds is 6. The molecule has 2 amide bonds. The van der Waals surface area contributed by atoms with Gasteiger partial charge in [-0.05, 0) is 36.5 Å². The van der Waals surface area contributed by atoms with Crippen molar-refractivity contribution in [2.45, 2.75) is 39.3 Å². The molecule has 3 rings (SSSR count). The van der Waals surface area contributed by atoms with Crippen molar-refractivity contribution in [3.8, 4) is 0 Å². The van der Waals surface area contributed by atoms with Crippen LogP contribution >= 0.6 is 0 Å². The Bertz CT molecular complexity index is 616. The first kappa shape index (κ1) is 17.0. The summed E-state index contributed by atoms with van der Waals surface area (Å²) in [5, 5.41) is 2.98. The standard InChI is InChI=1S/C19H26N2O3/c1-13(2)19(11-24-12-19)18(23)21(3)10-14-4-6-15(7-5-14)17(22)20-16-8-9-16/h4-7,13,16H,8-12H2,1-3H3,(H,20,22). The Morgan fingerprint density at radius 1 is 1.25 bits per heavy atom. The zero-order valence-corrected chi connectivity index (χ0v) is 14.7. The summed E-state index contributed by atoms with van der Waals surface area (Å²) in [7, 11) is 1.83. The van der Waals surface area contributed by atoms with Gasteiger partial charge in [-0.15, -0.1) is 0 Å². The number of benzene rings is 1. The van der Waals surface area contributed by atoms with Crippen molar-refractivity contribution in [3.05, 3.63) is 35.4 Å². The Morgan fingerprint density at radius 2 is 1.88 bits per heavy atom. The van der Waals surface area contributed by atoms with Crippen LogP contribution in [0, 0.1) is 11.3 Å². The molecule has 0 radical (unpaired) electrons. The molecular weight excluding hydrogens is 304 g/mol. The van der Waals surface area contributed by atoms with Crippen LogP contribution in [0.2, 0.25) is 0 Å². The van der Waals surface area contributed by atoms with Gasteiger partial charge in [0.15, 0.2) is 0 Å². The van der Waals surface area contributed by atoms with E-state index in [4.69, 9.17) is 4.74 Å². The number of nitrogens with zero attached hydrogens (tertiary/aromatic N) is 1. The van der Waals surface area contributed by atoms with E-state index in [0.29, 0.717) is 31.4 Å². The van der Waals surface area contributed by atoms with Gasteiger partial charge in [-0.2, -0.15) is 0 Å². The van der Waals surface area contributed by atoms with Crippen LogP contribution in [0.4, 0.5) is 0 Å². The molecular formula is C19H26N2O3. The lowest BCUT2D eigenvalue weighted by Gasteiger charge is -2.45. The van der Waals surface area contributed by atoms with Gasteiger partial charge in [0.1, 0.15) is 0 Å². The summed E-state index contributed by atoms with van der Waals surface area (Å²) in [6.45, 7) is 5.70. The number of hydrogen-bond acceptors (Lipinski definition) is 3. The van der Waals surface area contributed by atoms with E-state index in [-0.39, 0.29) is 23.1 Å². The highest BCUT2D eigenvalue weighted by Gasteiger charge is 2.49. The third kappa shape index (κ3) is 3.31. The van der Waals surface area contributed by atoms with Crippen molar-refractivity contribution in [1.82, 2.24) is 10.2 Å². The lowest BCUT2D eigenvalue weighted by atomic mass is 9.74. The Balaban J connectivity index is 1.60. The Labute approximate surface area is 143 Å². The van der Waals surface area contributed by atoms with Gasteiger partial charge in [0.25, 0.3) is 5.91 Å². The van der Waals surface area contributed by atoms with Gasteiger partial charge >= 0.3 is 0 Å². The highest BCUT2D eigenvalue weighted by molar-refractivity contribution is 5.94. The van der Waals surface area contributed by atoms with Gasteiger partial charge in [0.2, 0.25) is 5.91 Å². The summed E-state index contributed by atoms with van der Waals surface area (Å²) in [5.41, 5.74) is 1.32. The zero-order valence-electron chi connectivity index (χ0n) is 14.7. The molecule has 24 heavy (non-hydrogen) atoms. The fourth-order valence-corrected chi connectivity index (χ4v) is 3.01. The van der Waals surface area contributed by atoms with E-state index in [2.05, 4.69) is 19.2 Å². The Morgan fingerprint density at radius 3 is 2.33 bits per heavy atom. The molecule has 1 aromatic carbocycles. The predicted molar refractivity (Wildman–Crippen MR) is 91.5 cm³/mol. The van der Waals surface area contributed by atoms with Crippen molar-refractivity contribution in [2.75, 3.05) is 20.3 Å². The molecule has 5 nitrogen and oxygen atoms in total. The van der Waals surface area contributed by atoms with Crippen molar-refractivity contribution in [1.29, 1.82) is 0 Å². The second-order valence-corrected chi connectivity index (χ2v) is 7.41. The molecule has 0 spiro atoms. The second kappa shape index (κ2) is 6.55. The van der Waals surface area contributed by atoms with E-state index in [1.807, 2.05) is 31.3 Å². The molecule has 130 valence electrons. The number of ether oxygens (including phenoxy) is 1. The molecule has 1 N–H and O–H groups in total. The third-order valence-electron chi connectivity index (χ3n) is 5.15. The normalized spacial score (nSPS) is 18.8. The topological polar surface area (TPSA) is 58.6 Å². The quantitative estimate of drug-likeness (QED) is 0.870. The van der Waals surface area contributed by atoms with E-state index < -0.39 is 0 Å². The molecule has 1 heterocycles. The van der Waals surface area contributed by atoms with Crippen LogP contribution in [0.1, 0.15) is 42.6 Å². The van der Waals surface area contributed by atoms with Crippen LogP contribution in [-0.4, -0.2) is 43.0 Å². The number of hydrogen-bond donors (Lipinski definition) is 1. The highest BCUT2D eigenvalue weighted by Crippen LogP contribution is 2.37. The number of amides is 2. The largest absolute Gasteiger partial charge is 0.379 e. The summed E-state index contributed by atoms with van der Waals surface area (Å²) in [6, 6.07) is 7.86. The minimum absolute atomic E-state index is 0.0149. The van der Waals surface area contributed by atoms with Crippen LogP contribution in [-0.2, 0) is 16.1 Å². The molecule has 1 aliphatic carbocycles. The van der Waals surface area contributed by atoms with Crippen molar-refractivity contribution in [3.63, 3.8) is 0 Å². The van der Waals surface area contributed by atoms with Crippen molar-refractivity contribution in [2.24, 2.45) is 11.3 Å². The SMILES string of the molecule is CC(C)C1(C(=O)N(C)Cc2ccc(C(=O)NC3CC3)cc2)COC1. The molecule has 1 saturated heterocycles. The molecule has 2 fully saturated rings. The Hall–Kier alpha value is -1.88. The first-order chi connectivity index (χ1) is 11.4. The van der Waals surface area contributed by atoms with E-state index in [1.165, 1.54) is 0 Å². The average Bonchev–Trinajstić information content (AvgIpc) is 3.30. The maximum Gasteiger partial charge on any atom is 0.251 e. The Kier molecular flexibility index (Phi) is 4.63. The molecule has 5 heteroatoms. The molecule has 1 saturated carbocycles. The minimum Gasteiger partial charge on any atom is -0.379 e. The molecule has 0 unspecified atom stereocenters. The molecule has 1 aliphatic heterocycles. The summed E-state index contributed by atoms with van der Waals surface area (Å²) < 4.78 is 5.31. The van der Waals surface area contributed by atoms with Crippen LogP contribution in [0.3, 0.4) is 0 Å². The third-order valence-corrected chi connectivity index (χ3v) is 5.15. The minimum atomic E-state index is -0.376. The van der Waals surface area contributed by atoms with E-state index in [9.17, 15) is 9.59 Å². The van der Waals surface area contributed by atoms with Gasteiger partial charge < -0.3 is 15.0 Å². The van der Waals surface area contributed by atoms with Crippen LogP contribution < -0.4 is 5.32 Å². The number of carbonyl (C=O) groups is 2. The maximum absolute atomic E-state index is 12.8. The lowest BCUT2D eigenvalue weighted by molar-refractivity contribution is -0.181. The zero-order chi connectivity index (χ0) is 17.3. The van der Waals surface area contributed by atoms with Gasteiger partial charge in [-0.25, -0.2) is 0 Å². The van der Waals surface area contributed by atoms with Crippen LogP contribution in [0.25, 0.3) is 0 Å². The van der Waals surface area contributed by atoms with E-state index in [0.717, 1.165) is 18.4 Å². The smallest absolute Gasteiger partial charge is 0.251 e. The summed E-state index contributed by atoms with van der Waals surface area (Å²) >= 11 is 0. The first-order valence-corrected chi connectivity index (χ1v) is 8.65. The summed E-state index contributed by atoms with van der Waals surface area (Å²) in [4.78, 5) is 26.5. The number of carbonyl (C=O) groups excluding carboxylic acids is 2. The van der Waals surface area contributed by atoms with Crippen LogP contribution in [0.5, 0.6) is 0 Å². The first-order valence-electron chi connectivity index (χ1n) is 8.65. The monoisotopic (exact) mass is 330 g/mol. The number of nitrogens with one attached hydrogen (secondary N) is 1. The average molecular weight is 330 g/mol. The summed E-state index contributed by atoms with van der Waals surface area (Å²) in [6.07, 6.45) is 2.16. The molecule has 1 aromatic rings. The molecule has 0 bridgehead atoms. The second-order valence-electron chi connectivity index (χ2n) is 7.41. The molecule has 2 aliphatic rings. The maximum atomic E-state index is 12.8. The van der Waals surface area contributed by atoms with E-state index >= 15 is 0 Å². The van der Waals surface area contributed by atoms with Crippen molar-refractivity contribution >= 4 is 11.8 Å². The fourth-order valence-electron chi connectivity index (χ4n) is 3.01. The predicted octanol–water partition coefficient (Wildman–Crippen LogP) is 2.21. The van der Waals surface area contributed by atoms with Gasteiger partial charge in [0, 0.05) is 25.2 Å².